The minimum Gasteiger partial charge on any atom is -0.241 e. The third kappa shape index (κ3) is 28.4. The lowest BCUT2D eigenvalue weighted by Gasteiger charge is -2.34. The van der Waals surface area contributed by atoms with Gasteiger partial charge in [-0.05, 0) is 350 Å². The van der Waals surface area contributed by atoms with Gasteiger partial charge in [0.2, 0.25) is 0 Å². The van der Waals surface area contributed by atoms with Gasteiger partial charge < -0.3 is 0 Å². The summed E-state index contributed by atoms with van der Waals surface area (Å²) in [6.07, 6.45) is 38.9. The molecule has 0 amide bonds. The second kappa shape index (κ2) is 39.7. The van der Waals surface area contributed by atoms with Crippen molar-refractivity contribution in [1.29, 1.82) is 0 Å². The molecule has 1 nitrogen and oxygen atoms in total. The molecule has 6 aliphatic carbocycles. The van der Waals surface area contributed by atoms with E-state index >= 15 is 0 Å². The van der Waals surface area contributed by atoms with Crippen molar-refractivity contribution in [2.75, 3.05) is 0 Å². The van der Waals surface area contributed by atoms with E-state index in [9.17, 15) is 0 Å². The Morgan fingerprint density at radius 1 is 0.324 bits per heavy atom. The maximum absolute atomic E-state index is 4.66. The summed E-state index contributed by atoms with van der Waals surface area (Å²) in [7, 11) is 0. The fourth-order valence-corrected chi connectivity index (χ4v) is 18.9. The molecule has 6 fully saturated rings. The van der Waals surface area contributed by atoms with Gasteiger partial charge in [-0.15, -0.1) is 11.3 Å². The van der Waals surface area contributed by atoms with Crippen LogP contribution in [-0.4, -0.2) is 4.98 Å². The summed E-state index contributed by atoms with van der Waals surface area (Å²) >= 11 is 1.83. The summed E-state index contributed by atoms with van der Waals surface area (Å²) in [5, 5.41) is 1.25. The number of hydrogen-bond donors (Lipinski definition) is 0. The quantitative estimate of drug-likeness (QED) is 0.133. The fraction of sp³-hybridized carbons (Fsp3) is 0.583. The minimum absolute atomic E-state index is 0.322. The largest absolute Gasteiger partial charge is 0.241 e. The molecule has 0 bridgehead atoms. The van der Waals surface area contributed by atoms with Gasteiger partial charge in [0.1, 0.15) is 0 Å². The number of aryl methyl sites for hydroxylation is 11. The van der Waals surface area contributed by atoms with Crippen molar-refractivity contribution >= 4 is 21.6 Å². The summed E-state index contributed by atoms with van der Waals surface area (Å²) in [4.78, 5) is 4.66. The minimum atomic E-state index is 0.322. The second-order valence-corrected chi connectivity index (χ2v) is 39.6. The molecule has 0 N–H and O–H groups in total. The van der Waals surface area contributed by atoms with Gasteiger partial charge in [-0.3, -0.25) is 0 Å². The molecule has 6 saturated carbocycles. The first-order valence-electron chi connectivity index (χ1n) is 42.4. The highest BCUT2D eigenvalue weighted by molar-refractivity contribution is 7.18. The van der Waals surface area contributed by atoms with Gasteiger partial charge in [0.05, 0.1) is 15.2 Å². The Bertz CT molecular complexity index is 3850. The highest BCUT2D eigenvalue weighted by Gasteiger charge is 2.31. The smallest absolute Gasteiger partial charge is 0.0943 e. The van der Waals surface area contributed by atoms with Gasteiger partial charge >= 0.3 is 0 Å². The second-order valence-electron chi connectivity index (χ2n) is 38.5. The summed E-state index contributed by atoms with van der Waals surface area (Å²) in [6.45, 7) is 49.9. The maximum Gasteiger partial charge on any atom is 0.0943 e. The van der Waals surface area contributed by atoms with Crippen LogP contribution in [0.15, 0.2) is 127 Å². The SMILES string of the molecule is Cc1cc(C2CCC(C)(C)CC2)cc(C)c1C.Cc1cc(CC2CCCC2)cc(C)c1C.Cc1ccc(C2CCC(C)(C)CC2)cc1.Cc1ccc(C2CCC(C)(C)CC2)cc1C.Cc1ccc(CC2CCCC2)cc1.Cc1ccc(CC2CCCC2)cc1C.Cc1ccc2nc(CC(C)(C)C)sc2c1. The van der Waals surface area contributed by atoms with E-state index < -0.39 is 0 Å². The lowest BCUT2D eigenvalue weighted by Crippen LogP contribution is -2.20. The van der Waals surface area contributed by atoms with Crippen LogP contribution in [0.4, 0.5) is 0 Å². The first kappa shape index (κ1) is 85.0. The Morgan fingerprint density at radius 3 is 1.09 bits per heavy atom. The van der Waals surface area contributed by atoms with Crippen LogP contribution in [0, 0.1) is 129 Å². The van der Waals surface area contributed by atoms with E-state index in [4.69, 9.17) is 0 Å². The average molecular weight is 1430 g/mol. The molecule has 0 spiro atoms. The Kier molecular flexibility index (Phi) is 32.1. The number of nitrogens with zero attached hydrogens (tertiary/aromatic N) is 1. The lowest BCUT2D eigenvalue weighted by molar-refractivity contribution is 0.224. The van der Waals surface area contributed by atoms with Gasteiger partial charge in [0, 0.05) is 6.42 Å². The van der Waals surface area contributed by atoms with E-state index in [0.717, 1.165) is 47.4 Å². The van der Waals surface area contributed by atoms with Gasteiger partial charge in [-0.1, -0.05) is 266 Å². The average Bonchev–Trinajstić information content (AvgIpc) is 1.81. The number of aromatic nitrogens is 1. The molecular weight excluding hydrogens is 1280 g/mol. The molecule has 0 aliphatic heterocycles. The molecular formula is C103H149NS. The Balaban J connectivity index is 0.000000155. The molecule has 572 valence electrons. The number of fused-ring (bicyclic) bond motifs is 1. The van der Waals surface area contributed by atoms with Crippen molar-refractivity contribution in [2.45, 2.75) is 350 Å². The van der Waals surface area contributed by atoms with Crippen LogP contribution in [0.2, 0.25) is 0 Å². The molecule has 6 aliphatic rings. The van der Waals surface area contributed by atoms with Crippen molar-refractivity contribution in [3.8, 4) is 0 Å². The number of thiazole rings is 1. The lowest BCUT2D eigenvalue weighted by atomic mass is 9.71. The normalized spacial score (nSPS) is 18.4. The molecule has 0 radical (unpaired) electrons. The standard InChI is InChI=1S/C17H26.C16H24.2C15H22.C14H20.C13H17NS.C13H18/c1-12-10-16(11-13(2)14(12)3)15-6-8-17(4,5)9-7-15;1-12-5-6-15(11-13(12)2)14-7-9-16(3,4)10-8-14;1-12-4-6-13(7-5-12)14-8-10-15(2,3)11-9-14;1-11-8-15(9-12(2)13(11)3)10-14-6-4-5-7-14;1-11-7-8-14(9-12(11)2)10-13-5-3-4-6-13;1-9-5-6-10-11(7-9)15-12(14-10)8-13(2,3)4;1-11-6-8-13(9-7-11)10-12-4-2-3-5-12/h10-11,15H,6-9H2,1-5H3;5-6,11,14H,7-10H2,1-4H3;4-7,14H,8-11H2,1-3H3;8-9,14H,4-7,10H2,1-3H3;7-9,13H,3-6,10H2,1-2H3;5-7H,8H2,1-4H3;6-9,12H,2-5,10H2,1H3. The third-order valence-corrected chi connectivity index (χ3v) is 27.0. The van der Waals surface area contributed by atoms with E-state index in [2.05, 4.69) is 285 Å². The van der Waals surface area contributed by atoms with Crippen LogP contribution in [-0.2, 0) is 25.7 Å². The predicted molar refractivity (Wildman–Crippen MR) is 465 cm³/mol. The zero-order chi connectivity index (χ0) is 76.2. The van der Waals surface area contributed by atoms with E-state index in [1.807, 2.05) is 11.3 Å². The van der Waals surface area contributed by atoms with Crippen molar-refractivity contribution < 1.29 is 0 Å². The molecule has 1 heterocycles. The summed E-state index contributed by atoms with van der Waals surface area (Å²) in [6, 6.07) is 48.2. The molecule has 7 aromatic carbocycles. The van der Waals surface area contributed by atoms with Crippen molar-refractivity contribution in [3.05, 3.63) is 238 Å². The number of hydrogen-bond acceptors (Lipinski definition) is 2. The first-order valence-corrected chi connectivity index (χ1v) is 43.2. The van der Waals surface area contributed by atoms with Crippen LogP contribution >= 0.6 is 11.3 Å². The summed E-state index contributed by atoms with van der Waals surface area (Å²) in [5.41, 5.74) is 31.1. The molecule has 0 atom stereocenters. The monoisotopic (exact) mass is 1430 g/mol. The van der Waals surface area contributed by atoms with Crippen LogP contribution < -0.4 is 0 Å². The highest BCUT2D eigenvalue weighted by atomic mass is 32.1. The topological polar surface area (TPSA) is 12.9 Å². The number of rotatable bonds is 10. The molecule has 14 rings (SSSR count). The van der Waals surface area contributed by atoms with Crippen molar-refractivity contribution in [1.82, 2.24) is 4.98 Å². The van der Waals surface area contributed by atoms with Gasteiger partial charge in [-0.25, -0.2) is 4.98 Å². The van der Waals surface area contributed by atoms with Gasteiger partial charge in [0.15, 0.2) is 0 Å². The maximum atomic E-state index is 4.66. The Hall–Kier alpha value is -5.57. The summed E-state index contributed by atoms with van der Waals surface area (Å²) < 4.78 is 1.31. The highest BCUT2D eigenvalue weighted by Crippen LogP contribution is 2.46. The Morgan fingerprint density at radius 2 is 0.657 bits per heavy atom. The fourth-order valence-electron chi connectivity index (χ4n) is 17.5. The van der Waals surface area contributed by atoms with Gasteiger partial charge in [-0.2, -0.15) is 0 Å². The predicted octanol–water partition coefficient (Wildman–Crippen LogP) is 31.3. The van der Waals surface area contributed by atoms with E-state index in [1.54, 1.807) is 27.8 Å². The van der Waals surface area contributed by atoms with E-state index in [1.165, 1.54) is 261 Å². The van der Waals surface area contributed by atoms with Crippen molar-refractivity contribution in [2.24, 2.45) is 39.4 Å². The van der Waals surface area contributed by atoms with Gasteiger partial charge in [0.25, 0.3) is 0 Å². The molecule has 1 aromatic heterocycles. The zero-order valence-corrected chi connectivity index (χ0v) is 72.1. The molecule has 105 heavy (non-hydrogen) atoms. The molecule has 8 aromatic rings. The molecule has 0 unspecified atom stereocenters. The first-order chi connectivity index (χ1) is 49.6. The van der Waals surface area contributed by atoms with Crippen LogP contribution in [0.3, 0.4) is 0 Å². The third-order valence-electron chi connectivity index (χ3n) is 25.9. The van der Waals surface area contributed by atoms with E-state index in [0.29, 0.717) is 21.7 Å². The Labute approximate surface area is 649 Å². The zero-order valence-electron chi connectivity index (χ0n) is 71.2. The number of benzene rings is 7. The summed E-state index contributed by atoms with van der Waals surface area (Å²) in [5.74, 6) is 5.35. The van der Waals surface area contributed by atoms with E-state index in [-0.39, 0.29) is 0 Å². The van der Waals surface area contributed by atoms with Crippen molar-refractivity contribution in [3.63, 3.8) is 0 Å². The van der Waals surface area contributed by atoms with Crippen LogP contribution in [0.5, 0.6) is 0 Å². The molecule has 2 heteroatoms. The van der Waals surface area contributed by atoms with Crippen LogP contribution in [0.1, 0.15) is 345 Å². The van der Waals surface area contributed by atoms with Crippen LogP contribution in [0.25, 0.3) is 10.2 Å². The molecule has 0 saturated heterocycles.